The second-order valence-corrected chi connectivity index (χ2v) is 5.07. The standard InChI is InChI=1S/C13H19BrN2O4/c1-19-8-9-20-7-3-2-6-15-12-10-11(14)4-5-13(12)16(17)18/h4-5,10,15H,2-3,6-9H2,1H3. The van der Waals surface area contributed by atoms with E-state index in [4.69, 9.17) is 9.47 Å². The average Bonchev–Trinajstić information content (AvgIpc) is 2.41. The fourth-order valence-electron chi connectivity index (χ4n) is 1.61. The molecule has 0 aromatic heterocycles. The van der Waals surface area contributed by atoms with Crippen LogP contribution in [0.3, 0.4) is 0 Å². The number of nitrogens with one attached hydrogen (secondary N) is 1. The molecule has 0 aliphatic rings. The van der Waals surface area contributed by atoms with Crippen LogP contribution in [0.4, 0.5) is 11.4 Å². The Kier molecular flexibility index (Phi) is 8.17. The predicted octanol–water partition coefficient (Wildman–Crippen LogP) is 3.21. The summed E-state index contributed by atoms with van der Waals surface area (Å²) in [5.41, 5.74) is 0.620. The molecule has 0 spiro atoms. The minimum absolute atomic E-state index is 0.0875. The molecular formula is C13H19BrN2O4. The number of hydrogen-bond acceptors (Lipinski definition) is 5. The van der Waals surface area contributed by atoms with Gasteiger partial charge < -0.3 is 14.8 Å². The normalized spacial score (nSPS) is 10.5. The molecule has 0 fully saturated rings. The Morgan fingerprint density at radius 2 is 2.10 bits per heavy atom. The van der Waals surface area contributed by atoms with Crippen molar-refractivity contribution in [2.45, 2.75) is 12.8 Å². The first kappa shape index (κ1) is 16.9. The minimum Gasteiger partial charge on any atom is -0.382 e. The maximum Gasteiger partial charge on any atom is 0.292 e. The van der Waals surface area contributed by atoms with Gasteiger partial charge in [-0.1, -0.05) is 15.9 Å². The molecule has 0 aliphatic carbocycles. The lowest BCUT2D eigenvalue weighted by Crippen LogP contribution is -2.07. The number of methoxy groups -OCH3 is 1. The number of nitro groups is 1. The maximum absolute atomic E-state index is 10.9. The van der Waals surface area contributed by atoms with E-state index in [1.165, 1.54) is 6.07 Å². The van der Waals surface area contributed by atoms with Gasteiger partial charge >= 0.3 is 0 Å². The average molecular weight is 347 g/mol. The molecule has 0 unspecified atom stereocenters. The van der Waals surface area contributed by atoms with E-state index in [0.29, 0.717) is 32.1 Å². The Morgan fingerprint density at radius 1 is 1.30 bits per heavy atom. The zero-order valence-electron chi connectivity index (χ0n) is 11.4. The van der Waals surface area contributed by atoms with Crippen molar-refractivity contribution in [2.24, 2.45) is 0 Å². The third-order valence-corrected chi connectivity index (χ3v) is 3.11. The first-order chi connectivity index (χ1) is 9.65. The molecule has 0 radical (unpaired) electrons. The molecule has 112 valence electrons. The number of benzene rings is 1. The second kappa shape index (κ2) is 9.68. The van der Waals surface area contributed by atoms with Crippen molar-refractivity contribution >= 4 is 27.3 Å². The molecule has 20 heavy (non-hydrogen) atoms. The van der Waals surface area contributed by atoms with Crippen LogP contribution in [0.2, 0.25) is 0 Å². The summed E-state index contributed by atoms with van der Waals surface area (Å²) >= 11 is 3.31. The van der Waals surface area contributed by atoms with Gasteiger partial charge in [0, 0.05) is 30.8 Å². The van der Waals surface area contributed by atoms with Crippen molar-refractivity contribution in [1.29, 1.82) is 0 Å². The van der Waals surface area contributed by atoms with Crippen molar-refractivity contribution in [1.82, 2.24) is 0 Å². The highest BCUT2D eigenvalue weighted by Crippen LogP contribution is 2.27. The number of anilines is 1. The van der Waals surface area contributed by atoms with Crippen molar-refractivity contribution in [3.05, 3.63) is 32.8 Å². The van der Waals surface area contributed by atoms with E-state index >= 15 is 0 Å². The summed E-state index contributed by atoms with van der Waals surface area (Å²) in [6.07, 6.45) is 1.79. The Hall–Kier alpha value is -1.18. The lowest BCUT2D eigenvalue weighted by molar-refractivity contribution is -0.384. The molecule has 0 atom stereocenters. The molecule has 1 aromatic carbocycles. The fourth-order valence-corrected chi connectivity index (χ4v) is 1.97. The van der Waals surface area contributed by atoms with Crippen molar-refractivity contribution in [3.63, 3.8) is 0 Å². The first-order valence-corrected chi connectivity index (χ1v) is 7.19. The minimum atomic E-state index is -0.386. The van der Waals surface area contributed by atoms with Gasteiger partial charge in [0.15, 0.2) is 0 Å². The van der Waals surface area contributed by atoms with Crippen LogP contribution >= 0.6 is 15.9 Å². The van der Waals surface area contributed by atoms with Crippen LogP contribution in [0, 0.1) is 10.1 Å². The summed E-state index contributed by atoms with van der Waals surface area (Å²) in [6.45, 7) is 2.54. The third-order valence-electron chi connectivity index (χ3n) is 2.62. The van der Waals surface area contributed by atoms with E-state index < -0.39 is 0 Å². The molecule has 0 saturated carbocycles. The predicted molar refractivity (Wildman–Crippen MR) is 81.2 cm³/mol. The van der Waals surface area contributed by atoms with E-state index in [0.717, 1.165) is 17.3 Å². The Labute approximate surface area is 126 Å². The SMILES string of the molecule is COCCOCCCCNc1cc(Br)ccc1[N+](=O)[O-]. The third kappa shape index (κ3) is 6.31. The maximum atomic E-state index is 10.9. The molecule has 1 rings (SSSR count). The number of halogens is 1. The van der Waals surface area contributed by atoms with E-state index in [1.807, 2.05) is 0 Å². The second-order valence-electron chi connectivity index (χ2n) is 4.16. The van der Waals surface area contributed by atoms with Crippen LogP contribution in [-0.4, -0.2) is 38.4 Å². The van der Waals surface area contributed by atoms with Gasteiger partial charge in [-0.15, -0.1) is 0 Å². The zero-order valence-corrected chi connectivity index (χ0v) is 13.0. The van der Waals surface area contributed by atoms with Gasteiger partial charge in [0.2, 0.25) is 0 Å². The molecule has 1 N–H and O–H groups in total. The van der Waals surface area contributed by atoms with Gasteiger partial charge in [-0.05, 0) is 25.0 Å². The summed E-state index contributed by atoms with van der Waals surface area (Å²) in [5.74, 6) is 0. The van der Waals surface area contributed by atoms with Crippen molar-refractivity contribution < 1.29 is 14.4 Å². The molecule has 0 amide bonds. The first-order valence-electron chi connectivity index (χ1n) is 6.39. The van der Waals surface area contributed by atoms with E-state index in [9.17, 15) is 10.1 Å². The Morgan fingerprint density at radius 3 is 2.80 bits per heavy atom. The molecule has 0 bridgehead atoms. The highest BCUT2D eigenvalue weighted by atomic mass is 79.9. The van der Waals surface area contributed by atoms with Crippen LogP contribution in [0.15, 0.2) is 22.7 Å². The largest absolute Gasteiger partial charge is 0.382 e. The Bertz CT molecular complexity index is 429. The highest BCUT2D eigenvalue weighted by molar-refractivity contribution is 9.10. The summed E-state index contributed by atoms with van der Waals surface area (Å²) in [4.78, 5) is 10.5. The molecule has 0 aliphatic heterocycles. The smallest absolute Gasteiger partial charge is 0.292 e. The van der Waals surface area contributed by atoms with Crippen LogP contribution in [0.25, 0.3) is 0 Å². The number of ether oxygens (including phenoxy) is 2. The highest BCUT2D eigenvalue weighted by Gasteiger charge is 2.12. The van der Waals surface area contributed by atoms with Crippen LogP contribution in [0.5, 0.6) is 0 Å². The lowest BCUT2D eigenvalue weighted by atomic mass is 10.2. The van der Waals surface area contributed by atoms with E-state index in [-0.39, 0.29) is 10.6 Å². The lowest BCUT2D eigenvalue weighted by Gasteiger charge is -2.08. The van der Waals surface area contributed by atoms with Crippen LogP contribution in [-0.2, 0) is 9.47 Å². The topological polar surface area (TPSA) is 73.6 Å². The van der Waals surface area contributed by atoms with Gasteiger partial charge in [0.1, 0.15) is 5.69 Å². The molecular weight excluding hydrogens is 328 g/mol. The number of nitro benzene ring substituents is 1. The molecule has 6 nitrogen and oxygen atoms in total. The number of nitrogens with zero attached hydrogens (tertiary/aromatic N) is 1. The van der Waals surface area contributed by atoms with Gasteiger partial charge in [-0.2, -0.15) is 0 Å². The summed E-state index contributed by atoms with van der Waals surface area (Å²) in [5, 5.41) is 14.0. The monoisotopic (exact) mass is 346 g/mol. The van der Waals surface area contributed by atoms with Gasteiger partial charge in [-0.25, -0.2) is 0 Å². The van der Waals surface area contributed by atoms with Gasteiger partial charge in [0.05, 0.1) is 18.1 Å². The fraction of sp³-hybridized carbons (Fsp3) is 0.538. The van der Waals surface area contributed by atoms with Crippen molar-refractivity contribution in [3.8, 4) is 0 Å². The quantitative estimate of drug-likeness (QED) is 0.400. The molecule has 0 heterocycles. The summed E-state index contributed by atoms with van der Waals surface area (Å²) in [6, 6.07) is 4.86. The summed E-state index contributed by atoms with van der Waals surface area (Å²) < 4.78 is 11.0. The number of rotatable bonds is 10. The molecule has 7 heteroatoms. The van der Waals surface area contributed by atoms with Crippen LogP contribution in [0.1, 0.15) is 12.8 Å². The van der Waals surface area contributed by atoms with Crippen LogP contribution < -0.4 is 5.32 Å². The zero-order chi connectivity index (χ0) is 14.8. The number of hydrogen-bond donors (Lipinski definition) is 1. The van der Waals surface area contributed by atoms with Crippen molar-refractivity contribution in [2.75, 3.05) is 38.8 Å². The molecule has 1 aromatic rings. The molecule has 0 saturated heterocycles. The summed E-state index contributed by atoms with van der Waals surface area (Å²) in [7, 11) is 1.64. The Balaban J connectivity index is 2.28. The van der Waals surface area contributed by atoms with Gasteiger partial charge in [0.25, 0.3) is 5.69 Å². The number of unbranched alkanes of at least 4 members (excludes halogenated alkanes) is 1. The van der Waals surface area contributed by atoms with E-state index in [1.54, 1.807) is 19.2 Å². The van der Waals surface area contributed by atoms with E-state index in [2.05, 4.69) is 21.2 Å². The van der Waals surface area contributed by atoms with Gasteiger partial charge in [-0.3, -0.25) is 10.1 Å².